The third-order valence-corrected chi connectivity index (χ3v) is 5.06. The summed E-state index contributed by atoms with van der Waals surface area (Å²) in [5.41, 5.74) is 1.98. The molecule has 2 N–H and O–H groups in total. The fourth-order valence-corrected chi connectivity index (χ4v) is 3.55. The molecule has 0 atom stereocenters. The highest BCUT2D eigenvalue weighted by Gasteiger charge is 2.17. The van der Waals surface area contributed by atoms with Crippen LogP contribution >= 0.6 is 11.6 Å². The average molecular weight is 353 g/mol. The van der Waals surface area contributed by atoms with Crippen LogP contribution in [0.1, 0.15) is 31.2 Å². The zero-order valence-electron chi connectivity index (χ0n) is 14.0. The third kappa shape index (κ3) is 3.69. The van der Waals surface area contributed by atoms with Crippen molar-refractivity contribution in [1.29, 1.82) is 0 Å². The number of halogens is 1. The molecule has 0 aliphatic heterocycles. The maximum Gasteiger partial charge on any atom is 0.225 e. The minimum atomic E-state index is 0.509. The topological polar surface area (TPSA) is 49.8 Å². The number of benzene rings is 2. The predicted molar refractivity (Wildman–Crippen MR) is 104 cm³/mol. The van der Waals surface area contributed by atoms with E-state index < -0.39 is 0 Å². The van der Waals surface area contributed by atoms with Gasteiger partial charge in [-0.2, -0.15) is 4.98 Å². The van der Waals surface area contributed by atoms with Gasteiger partial charge in [-0.05, 0) is 36.6 Å². The van der Waals surface area contributed by atoms with Crippen LogP contribution in [0.2, 0.25) is 5.02 Å². The summed E-state index contributed by atoms with van der Waals surface area (Å²) in [6.07, 6.45) is 5.00. The number of fused-ring (bicyclic) bond motifs is 1. The molecular formula is C20H21ClN4. The summed E-state index contributed by atoms with van der Waals surface area (Å²) < 4.78 is 0. The van der Waals surface area contributed by atoms with E-state index in [1.165, 1.54) is 25.7 Å². The van der Waals surface area contributed by atoms with E-state index in [9.17, 15) is 0 Å². The van der Waals surface area contributed by atoms with Crippen LogP contribution in [0.5, 0.6) is 0 Å². The predicted octanol–water partition coefficient (Wildman–Crippen LogP) is 5.25. The Balaban J connectivity index is 1.61. The van der Waals surface area contributed by atoms with Gasteiger partial charge in [-0.1, -0.05) is 54.8 Å². The number of nitrogens with one attached hydrogen (secondary N) is 2. The van der Waals surface area contributed by atoms with Gasteiger partial charge in [0.15, 0.2) is 0 Å². The molecule has 128 valence electrons. The average Bonchev–Trinajstić information content (AvgIpc) is 3.14. The molecule has 0 saturated heterocycles. The molecule has 0 amide bonds. The molecule has 0 spiro atoms. The van der Waals surface area contributed by atoms with Crippen LogP contribution in [0.4, 0.5) is 11.8 Å². The SMILES string of the molecule is Clc1ccccc1CNc1nc(NC2CCCC2)c2ccccc2n1. The highest BCUT2D eigenvalue weighted by Crippen LogP contribution is 2.27. The Bertz CT molecular complexity index is 874. The van der Waals surface area contributed by atoms with Gasteiger partial charge >= 0.3 is 0 Å². The Kier molecular flexibility index (Phi) is 4.70. The van der Waals surface area contributed by atoms with Gasteiger partial charge in [0.25, 0.3) is 0 Å². The Morgan fingerprint density at radius 3 is 2.56 bits per heavy atom. The normalized spacial score (nSPS) is 14.8. The van der Waals surface area contributed by atoms with Crippen LogP contribution in [0.3, 0.4) is 0 Å². The van der Waals surface area contributed by atoms with E-state index in [-0.39, 0.29) is 0 Å². The first-order valence-corrected chi connectivity index (χ1v) is 9.18. The molecule has 1 aliphatic rings. The molecule has 2 aromatic carbocycles. The molecule has 0 radical (unpaired) electrons. The molecule has 1 aliphatic carbocycles. The molecule has 3 aromatic rings. The van der Waals surface area contributed by atoms with Gasteiger partial charge in [0, 0.05) is 23.0 Å². The van der Waals surface area contributed by atoms with Crippen LogP contribution in [0, 0.1) is 0 Å². The van der Waals surface area contributed by atoms with Crippen LogP contribution in [0.15, 0.2) is 48.5 Å². The number of rotatable bonds is 5. The van der Waals surface area contributed by atoms with Crippen LogP contribution in [-0.4, -0.2) is 16.0 Å². The molecule has 4 rings (SSSR count). The van der Waals surface area contributed by atoms with E-state index >= 15 is 0 Å². The second-order valence-electron chi connectivity index (χ2n) is 6.48. The van der Waals surface area contributed by atoms with Crippen molar-refractivity contribution in [2.75, 3.05) is 10.6 Å². The smallest absolute Gasteiger partial charge is 0.225 e. The Morgan fingerprint density at radius 1 is 0.960 bits per heavy atom. The molecule has 4 nitrogen and oxygen atoms in total. The first-order chi connectivity index (χ1) is 12.3. The van der Waals surface area contributed by atoms with Crippen molar-refractivity contribution in [1.82, 2.24) is 9.97 Å². The standard InChI is InChI=1S/C20H21ClN4/c21-17-11-5-1-7-14(17)13-22-20-24-18-12-6-4-10-16(18)19(25-20)23-15-8-2-3-9-15/h1,4-7,10-12,15H,2-3,8-9,13H2,(H2,22,23,24,25). The summed E-state index contributed by atoms with van der Waals surface area (Å²) in [5, 5.41) is 8.75. The van der Waals surface area contributed by atoms with Gasteiger partial charge in [0.05, 0.1) is 5.52 Å². The van der Waals surface area contributed by atoms with Crippen LogP contribution < -0.4 is 10.6 Å². The van der Waals surface area contributed by atoms with E-state index in [4.69, 9.17) is 16.6 Å². The molecule has 1 heterocycles. The Hall–Kier alpha value is -2.33. The molecular weight excluding hydrogens is 332 g/mol. The molecule has 0 unspecified atom stereocenters. The van der Waals surface area contributed by atoms with Crippen molar-refractivity contribution in [3.8, 4) is 0 Å². The zero-order chi connectivity index (χ0) is 17.1. The lowest BCUT2D eigenvalue weighted by atomic mass is 10.2. The molecule has 0 bridgehead atoms. The quantitative estimate of drug-likeness (QED) is 0.658. The lowest BCUT2D eigenvalue weighted by molar-refractivity contribution is 0.751. The van der Waals surface area contributed by atoms with Crippen molar-refractivity contribution in [3.63, 3.8) is 0 Å². The first-order valence-electron chi connectivity index (χ1n) is 8.80. The van der Waals surface area contributed by atoms with Crippen LogP contribution in [0.25, 0.3) is 10.9 Å². The summed E-state index contributed by atoms with van der Waals surface area (Å²) >= 11 is 6.24. The largest absolute Gasteiger partial charge is 0.367 e. The van der Waals surface area contributed by atoms with Crippen LogP contribution in [-0.2, 0) is 6.54 Å². The molecule has 1 aromatic heterocycles. The highest BCUT2D eigenvalue weighted by molar-refractivity contribution is 6.31. The maximum absolute atomic E-state index is 6.24. The van der Waals surface area contributed by atoms with Gasteiger partial charge < -0.3 is 10.6 Å². The number of hydrogen-bond acceptors (Lipinski definition) is 4. The van der Waals surface area contributed by atoms with Gasteiger partial charge in [-0.25, -0.2) is 4.98 Å². The fourth-order valence-electron chi connectivity index (χ4n) is 3.35. The van der Waals surface area contributed by atoms with Crippen molar-refractivity contribution >= 4 is 34.3 Å². The number of para-hydroxylation sites is 1. The number of hydrogen-bond donors (Lipinski definition) is 2. The van der Waals surface area contributed by atoms with Gasteiger partial charge in [0.1, 0.15) is 5.82 Å². The Morgan fingerprint density at radius 2 is 1.72 bits per heavy atom. The van der Waals surface area contributed by atoms with Crippen molar-refractivity contribution < 1.29 is 0 Å². The van der Waals surface area contributed by atoms with E-state index in [0.29, 0.717) is 18.5 Å². The second-order valence-corrected chi connectivity index (χ2v) is 6.89. The molecule has 1 saturated carbocycles. The van der Waals surface area contributed by atoms with E-state index in [1.54, 1.807) is 0 Å². The summed E-state index contributed by atoms with van der Waals surface area (Å²) in [5.74, 6) is 1.54. The molecule has 25 heavy (non-hydrogen) atoms. The maximum atomic E-state index is 6.24. The minimum Gasteiger partial charge on any atom is -0.367 e. The molecule has 1 fully saturated rings. The summed E-state index contributed by atoms with van der Waals surface area (Å²) in [7, 11) is 0. The van der Waals surface area contributed by atoms with Crippen molar-refractivity contribution in [3.05, 3.63) is 59.1 Å². The summed E-state index contributed by atoms with van der Waals surface area (Å²) in [6, 6.07) is 16.5. The molecule has 5 heteroatoms. The number of nitrogens with zero attached hydrogens (tertiary/aromatic N) is 2. The summed E-state index contributed by atoms with van der Waals surface area (Å²) in [4.78, 5) is 9.38. The van der Waals surface area contributed by atoms with E-state index in [1.807, 2.05) is 42.5 Å². The lowest BCUT2D eigenvalue weighted by Crippen LogP contribution is -2.17. The number of aromatic nitrogens is 2. The fraction of sp³-hybridized carbons (Fsp3) is 0.300. The second kappa shape index (κ2) is 7.28. The summed E-state index contributed by atoms with van der Waals surface area (Å²) in [6.45, 7) is 0.598. The third-order valence-electron chi connectivity index (χ3n) is 4.69. The Labute approximate surface area is 152 Å². The number of anilines is 2. The lowest BCUT2D eigenvalue weighted by Gasteiger charge is -2.16. The zero-order valence-corrected chi connectivity index (χ0v) is 14.8. The monoisotopic (exact) mass is 352 g/mol. The van der Waals surface area contributed by atoms with Crippen molar-refractivity contribution in [2.24, 2.45) is 0 Å². The van der Waals surface area contributed by atoms with Gasteiger partial charge in [-0.15, -0.1) is 0 Å². The van der Waals surface area contributed by atoms with E-state index in [0.717, 1.165) is 27.3 Å². The van der Waals surface area contributed by atoms with Gasteiger partial charge in [-0.3, -0.25) is 0 Å². The minimum absolute atomic E-state index is 0.509. The highest BCUT2D eigenvalue weighted by atomic mass is 35.5. The first kappa shape index (κ1) is 16.2. The van der Waals surface area contributed by atoms with Gasteiger partial charge in [0.2, 0.25) is 5.95 Å². The van der Waals surface area contributed by atoms with E-state index in [2.05, 4.69) is 21.7 Å². The van der Waals surface area contributed by atoms with Crippen molar-refractivity contribution in [2.45, 2.75) is 38.3 Å².